The molecular formula is C18H17ClFNO. The normalized spacial score (nSPS) is 19.8. The van der Waals surface area contributed by atoms with E-state index in [2.05, 4.69) is 0 Å². The Kier molecular flexibility index (Phi) is 4.16. The van der Waals surface area contributed by atoms with Gasteiger partial charge in [-0.15, -0.1) is 0 Å². The van der Waals surface area contributed by atoms with Crippen molar-refractivity contribution in [2.45, 2.75) is 18.9 Å². The average Bonchev–Trinajstić information content (AvgIpc) is 3.30. The van der Waals surface area contributed by atoms with E-state index in [4.69, 9.17) is 11.6 Å². The second kappa shape index (κ2) is 6.09. The second-order valence-corrected chi connectivity index (χ2v) is 6.26. The topological polar surface area (TPSA) is 20.3 Å². The van der Waals surface area contributed by atoms with Crippen molar-refractivity contribution in [3.8, 4) is 0 Å². The molecule has 2 unspecified atom stereocenters. The Labute approximate surface area is 134 Å². The van der Waals surface area contributed by atoms with Crippen molar-refractivity contribution < 1.29 is 9.18 Å². The third-order valence-corrected chi connectivity index (χ3v) is 4.37. The molecule has 114 valence electrons. The van der Waals surface area contributed by atoms with E-state index in [1.165, 1.54) is 12.1 Å². The predicted molar refractivity (Wildman–Crippen MR) is 85.2 cm³/mol. The van der Waals surface area contributed by atoms with E-state index in [9.17, 15) is 9.18 Å². The van der Waals surface area contributed by atoms with Gasteiger partial charge in [-0.05, 0) is 47.7 Å². The lowest BCUT2D eigenvalue weighted by Crippen LogP contribution is -2.28. The first kappa shape index (κ1) is 15.0. The minimum absolute atomic E-state index is 0.0164. The molecule has 2 aromatic carbocycles. The van der Waals surface area contributed by atoms with Crippen LogP contribution in [0, 0.1) is 11.7 Å². The molecule has 1 saturated carbocycles. The molecule has 1 aliphatic rings. The van der Waals surface area contributed by atoms with Gasteiger partial charge in [0.15, 0.2) is 0 Å². The van der Waals surface area contributed by atoms with Gasteiger partial charge in [0.1, 0.15) is 5.82 Å². The molecule has 4 heteroatoms. The highest BCUT2D eigenvalue weighted by molar-refractivity contribution is 6.30. The summed E-state index contributed by atoms with van der Waals surface area (Å²) in [6.45, 7) is 0.572. The molecule has 2 nitrogen and oxygen atoms in total. The van der Waals surface area contributed by atoms with Gasteiger partial charge < -0.3 is 4.90 Å². The summed E-state index contributed by atoms with van der Waals surface area (Å²) in [5, 5.41) is 0.691. The van der Waals surface area contributed by atoms with Crippen LogP contribution in [0.25, 0.3) is 0 Å². The summed E-state index contributed by atoms with van der Waals surface area (Å²) in [5.74, 6) is 0.139. The maximum atomic E-state index is 12.9. The molecule has 2 aromatic rings. The Morgan fingerprint density at radius 2 is 1.82 bits per heavy atom. The Bertz CT molecular complexity index is 664. The van der Waals surface area contributed by atoms with Crippen LogP contribution in [0.3, 0.4) is 0 Å². The maximum Gasteiger partial charge on any atom is 0.226 e. The Morgan fingerprint density at radius 3 is 2.45 bits per heavy atom. The van der Waals surface area contributed by atoms with Crippen LogP contribution in [-0.4, -0.2) is 17.9 Å². The van der Waals surface area contributed by atoms with Crippen molar-refractivity contribution in [3.05, 3.63) is 70.5 Å². The van der Waals surface area contributed by atoms with E-state index < -0.39 is 0 Å². The predicted octanol–water partition coefficient (Wildman–Crippen LogP) is 4.24. The van der Waals surface area contributed by atoms with Crippen LogP contribution in [-0.2, 0) is 11.3 Å². The van der Waals surface area contributed by atoms with Crippen molar-refractivity contribution in [1.29, 1.82) is 0 Å². The Morgan fingerprint density at radius 1 is 1.18 bits per heavy atom. The minimum Gasteiger partial charge on any atom is -0.341 e. The molecule has 0 saturated heterocycles. The fraction of sp³-hybridized carbons (Fsp3) is 0.278. The fourth-order valence-corrected chi connectivity index (χ4v) is 2.90. The Hall–Kier alpha value is -1.87. The summed E-state index contributed by atoms with van der Waals surface area (Å²) in [6.07, 6.45) is 0.843. The maximum absolute atomic E-state index is 12.9. The van der Waals surface area contributed by atoms with Gasteiger partial charge in [-0.3, -0.25) is 4.79 Å². The summed E-state index contributed by atoms with van der Waals surface area (Å²) in [4.78, 5) is 14.2. The largest absolute Gasteiger partial charge is 0.341 e. The van der Waals surface area contributed by atoms with Crippen LogP contribution >= 0.6 is 11.6 Å². The number of hydrogen-bond acceptors (Lipinski definition) is 1. The molecule has 3 rings (SSSR count). The zero-order valence-electron chi connectivity index (χ0n) is 12.3. The molecule has 0 N–H and O–H groups in total. The molecule has 1 amide bonds. The number of benzene rings is 2. The second-order valence-electron chi connectivity index (χ2n) is 5.82. The number of carbonyl (C=O) groups excluding carboxylic acids is 1. The Balaban J connectivity index is 1.60. The molecule has 1 fully saturated rings. The SMILES string of the molecule is CN(Cc1ccc(Cl)cc1)C(=O)C1CC1c1ccc(F)cc1. The van der Waals surface area contributed by atoms with Crippen molar-refractivity contribution >= 4 is 17.5 Å². The highest BCUT2D eigenvalue weighted by atomic mass is 35.5. The van der Waals surface area contributed by atoms with Crippen molar-refractivity contribution in [1.82, 2.24) is 4.90 Å². The summed E-state index contributed by atoms with van der Waals surface area (Å²) in [7, 11) is 1.82. The molecule has 0 heterocycles. The molecule has 2 atom stereocenters. The molecule has 0 radical (unpaired) electrons. The highest BCUT2D eigenvalue weighted by Crippen LogP contribution is 2.48. The van der Waals surface area contributed by atoms with Gasteiger partial charge in [-0.1, -0.05) is 35.9 Å². The molecule has 0 bridgehead atoms. The van der Waals surface area contributed by atoms with Crippen molar-refractivity contribution in [3.63, 3.8) is 0 Å². The summed E-state index contributed by atoms with van der Waals surface area (Å²) in [6, 6.07) is 14.0. The lowest BCUT2D eigenvalue weighted by Gasteiger charge is -2.17. The van der Waals surface area contributed by atoms with E-state index >= 15 is 0 Å². The molecule has 22 heavy (non-hydrogen) atoms. The molecule has 0 aliphatic heterocycles. The van der Waals surface area contributed by atoms with Crippen molar-refractivity contribution in [2.75, 3.05) is 7.05 Å². The first-order valence-corrected chi connectivity index (χ1v) is 7.67. The van der Waals surface area contributed by atoms with Crippen LogP contribution < -0.4 is 0 Å². The summed E-state index contributed by atoms with van der Waals surface area (Å²) < 4.78 is 12.9. The first-order valence-electron chi connectivity index (χ1n) is 7.29. The van der Waals surface area contributed by atoms with Gasteiger partial charge >= 0.3 is 0 Å². The van der Waals surface area contributed by atoms with Crippen LogP contribution in [0.1, 0.15) is 23.5 Å². The van der Waals surface area contributed by atoms with Gasteiger partial charge in [0.2, 0.25) is 5.91 Å². The zero-order chi connectivity index (χ0) is 15.7. The van der Waals surface area contributed by atoms with Gasteiger partial charge in [-0.25, -0.2) is 4.39 Å². The fourth-order valence-electron chi connectivity index (χ4n) is 2.77. The monoisotopic (exact) mass is 317 g/mol. The molecular weight excluding hydrogens is 301 g/mol. The third kappa shape index (κ3) is 3.30. The van der Waals surface area contributed by atoms with Gasteiger partial charge in [0.25, 0.3) is 0 Å². The number of nitrogens with zero attached hydrogens (tertiary/aromatic N) is 1. The van der Waals surface area contributed by atoms with E-state index in [-0.39, 0.29) is 23.6 Å². The lowest BCUT2D eigenvalue weighted by molar-refractivity contribution is -0.131. The summed E-state index contributed by atoms with van der Waals surface area (Å²) in [5.41, 5.74) is 2.10. The standard InChI is InChI=1S/C18H17ClFNO/c1-21(11-12-2-6-14(19)7-3-12)18(22)17-10-16(17)13-4-8-15(20)9-5-13/h2-9,16-17H,10-11H2,1H3. The zero-order valence-corrected chi connectivity index (χ0v) is 13.1. The highest BCUT2D eigenvalue weighted by Gasteiger charge is 2.45. The van der Waals surface area contributed by atoms with Gasteiger partial charge in [0, 0.05) is 24.5 Å². The van der Waals surface area contributed by atoms with E-state index in [1.54, 1.807) is 17.0 Å². The van der Waals surface area contributed by atoms with E-state index in [0.29, 0.717) is 11.6 Å². The van der Waals surface area contributed by atoms with Crippen LogP contribution in [0.2, 0.25) is 5.02 Å². The van der Waals surface area contributed by atoms with Crippen LogP contribution in [0.5, 0.6) is 0 Å². The van der Waals surface area contributed by atoms with Crippen LogP contribution in [0.4, 0.5) is 4.39 Å². The number of carbonyl (C=O) groups is 1. The number of halogens is 2. The van der Waals surface area contributed by atoms with Crippen LogP contribution in [0.15, 0.2) is 48.5 Å². The van der Waals surface area contributed by atoms with Gasteiger partial charge in [-0.2, -0.15) is 0 Å². The number of hydrogen-bond donors (Lipinski definition) is 0. The number of rotatable bonds is 4. The van der Waals surface area contributed by atoms with Gasteiger partial charge in [0.05, 0.1) is 0 Å². The smallest absolute Gasteiger partial charge is 0.226 e. The molecule has 0 spiro atoms. The average molecular weight is 318 g/mol. The van der Waals surface area contributed by atoms with E-state index in [1.807, 2.05) is 31.3 Å². The first-order chi connectivity index (χ1) is 10.5. The lowest BCUT2D eigenvalue weighted by atomic mass is 10.1. The van der Waals surface area contributed by atoms with E-state index in [0.717, 1.165) is 17.5 Å². The third-order valence-electron chi connectivity index (χ3n) is 4.12. The molecule has 0 aromatic heterocycles. The quantitative estimate of drug-likeness (QED) is 0.826. The number of amides is 1. The minimum atomic E-state index is -0.243. The molecule has 1 aliphatic carbocycles. The summed E-state index contributed by atoms with van der Waals surface area (Å²) >= 11 is 5.86. The van der Waals surface area contributed by atoms with Crippen molar-refractivity contribution in [2.24, 2.45) is 5.92 Å².